The molecule has 0 aromatic heterocycles. The molecule has 0 aliphatic carbocycles. The van der Waals surface area contributed by atoms with Gasteiger partial charge in [-0.05, 0) is 72.2 Å². The number of carbonyl (C=O) groups excluding carboxylic acids is 1. The van der Waals surface area contributed by atoms with Crippen molar-refractivity contribution in [2.24, 2.45) is 5.92 Å². The largest absolute Gasteiger partial charge is 0.393 e. The highest BCUT2D eigenvalue weighted by atomic mass is 32.2. The molecule has 1 heterocycles. The molecule has 232 valence electrons. The number of nitrogens with zero attached hydrogens (tertiary/aromatic N) is 1. The van der Waals surface area contributed by atoms with Gasteiger partial charge in [-0.25, -0.2) is 17.5 Å². The molecule has 0 radical (unpaired) electrons. The molecular formula is C32H39FN2O7S. The quantitative estimate of drug-likeness (QED) is 0.131. The molecule has 9 nitrogen and oxygen atoms in total. The summed E-state index contributed by atoms with van der Waals surface area (Å²) in [5, 5.41) is 39.9. The number of hydrogen-bond acceptors (Lipinski definition) is 7. The molecule has 1 aliphatic heterocycles. The van der Waals surface area contributed by atoms with Crippen LogP contribution in [-0.4, -0.2) is 66.4 Å². The number of aliphatic hydroxyl groups is 4. The summed E-state index contributed by atoms with van der Waals surface area (Å²) < 4.78 is 38.4. The van der Waals surface area contributed by atoms with Crippen molar-refractivity contribution in [2.75, 3.05) is 30.9 Å². The van der Waals surface area contributed by atoms with Gasteiger partial charge in [0.1, 0.15) is 11.4 Å². The smallest absolute Gasteiger partial charge is 0.233 e. The maximum Gasteiger partial charge on any atom is 0.233 e. The molecule has 3 atom stereocenters. The molecule has 1 fully saturated rings. The van der Waals surface area contributed by atoms with Gasteiger partial charge in [-0.3, -0.25) is 4.79 Å². The van der Waals surface area contributed by atoms with Crippen molar-refractivity contribution < 1.29 is 38.0 Å². The summed E-state index contributed by atoms with van der Waals surface area (Å²) in [6.45, 7) is -0.833. The molecule has 1 amide bonds. The normalized spacial score (nSPS) is 18.0. The molecule has 1 saturated heterocycles. The maximum absolute atomic E-state index is 13.5. The summed E-state index contributed by atoms with van der Waals surface area (Å²) in [6.07, 6.45) is 2.34. The van der Waals surface area contributed by atoms with E-state index >= 15 is 0 Å². The van der Waals surface area contributed by atoms with Crippen LogP contribution in [0.5, 0.6) is 0 Å². The average molecular weight is 615 g/mol. The SMILES string of the molecule is CS(=O)(=O)NCCCc1ccc(N2C(=O)C(CC[C@H](O)c3ccc(F)cc3)[C@H]2c2ccc(CC(O)(CO)CO)cc2)cc1. The lowest BCUT2D eigenvalue weighted by atomic mass is 9.78. The summed E-state index contributed by atoms with van der Waals surface area (Å²) >= 11 is 0. The van der Waals surface area contributed by atoms with Crippen LogP contribution in [0.3, 0.4) is 0 Å². The van der Waals surface area contributed by atoms with E-state index in [4.69, 9.17) is 0 Å². The lowest BCUT2D eigenvalue weighted by molar-refractivity contribution is -0.131. The Balaban J connectivity index is 1.51. The van der Waals surface area contributed by atoms with E-state index < -0.39 is 46.7 Å². The van der Waals surface area contributed by atoms with Gasteiger partial charge in [0.15, 0.2) is 0 Å². The Kier molecular flexibility index (Phi) is 10.7. The van der Waals surface area contributed by atoms with Gasteiger partial charge in [0.05, 0.1) is 37.5 Å². The lowest BCUT2D eigenvalue weighted by Crippen LogP contribution is -2.55. The summed E-state index contributed by atoms with van der Waals surface area (Å²) in [5.74, 6) is -0.882. The van der Waals surface area contributed by atoms with Crippen LogP contribution in [0.2, 0.25) is 0 Å². The first-order chi connectivity index (χ1) is 20.4. The number of nitrogens with one attached hydrogen (secondary N) is 1. The minimum atomic E-state index is -3.24. The first-order valence-corrected chi connectivity index (χ1v) is 16.2. The van der Waals surface area contributed by atoms with Gasteiger partial charge in [-0.1, -0.05) is 48.5 Å². The fourth-order valence-corrected chi connectivity index (χ4v) is 5.95. The van der Waals surface area contributed by atoms with Crippen molar-refractivity contribution in [2.45, 2.75) is 49.9 Å². The third-order valence-corrected chi connectivity index (χ3v) is 8.61. The number of β-lactam (4-membered cyclic amide) rings is 1. The van der Waals surface area contributed by atoms with E-state index in [1.165, 1.54) is 24.3 Å². The number of halogens is 1. The number of aryl methyl sites for hydroxylation is 1. The number of hydrogen-bond donors (Lipinski definition) is 5. The third-order valence-electron chi connectivity index (χ3n) is 7.88. The van der Waals surface area contributed by atoms with E-state index in [1.54, 1.807) is 17.0 Å². The number of sulfonamides is 1. The highest BCUT2D eigenvalue weighted by molar-refractivity contribution is 7.88. The standard InChI is InChI=1S/C32H39FN2O7S/c1-43(41,42)34-18-2-3-22-6-14-27(15-7-22)35-30(25-8-4-23(5-9-25)19-32(40,20-36)21-37)28(31(35)39)16-17-29(38)24-10-12-26(33)13-11-24/h4-15,28-30,34,36-38,40H,2-3,16-21H2,1H3/t28?,29-,30+/m0/s1. The fourth-order valence-electron chi connectivity index (χ4n) is 5.44. The van der Waals surface area contributed by atoms with Crippen molar-refractivity contribution in [3.63, 3.8) is 0 Å². The van der Waals surface area contributed by atoms with Crippen LogP contribution < -0.4 is 9.62 Å². The van der Waals surface area contributed by atoms with E-state index in [0.717, 1.165) is 17.4 Å². The van der Waals surface area contributed by atoms with Crippen LogP contribution in [0.25, 0.3) is 0 Å². The van der Waals surface area contributed by atoms with Crippen LogP contribution >= 0.6 is 0 Å². The summed E-state index contributed by atoms with van der Waals surface area (Å²) in [7, 11) is -3.24. The van der Waals surface area contributed by atoms with Crippen LogP contribution in [0, 0.1) is 11.7 Å². The van der Waals surface area contributed by atoms with Gasteiger partial charge in [0.25, 0.3) is 0 Å². The molecule has 1 aliphatic rings. The molecule has 11 heteroatoms. The van der Waals surface area contributed by atoms with Crippen LogP contribution in [0.4, 0.5) is 10.1 Å². The molecule has 43 heavy (non-hydrogen) atoms. The number of benzene rings is 3. The highest BCUT2D eigenvalue weighted by Crippen LogP contribution is 2.46. The molecule has 0 bridgehead atoms. The van der Waals surface area contributed by atoms with Crippen LogP contribution in [-0.2, 0) is 27.7 Å². The van der Waals surface area contributed by atoms with Gasteiger partial charge in [0.2, 0.25) is 15.9 Å². The number of carbonyl (C=O) groups is 1. The predicted octanol–water partition coefficient (Wildman–Crippen LogP) is 2.78. The Morgan fingerprint density at radius 3 is 2.14 bits per heavy atom. The Labute approximate surface area is 251 Å². The minimum Gasteiger partial charge on any atom is -0.393 e. The monoisotopic (exact) mass is 614 g/mol. The zero-order valence-electron chi connectivity index (χ0n) is 24.1. The lowest BCUT2D eigenvalue weighted by Gasteiger charge is -2.48. The summed E-state index contributed by atoms with van der Waals surface area (Å²) in [6, 6.07) is 20.2. The second-order valence-corrected chi connectivity index (χ2v) is 13.1. The Morgan fingerprint density at radius 1 is 0.953 bits per heavy atom. The van der Waals surface area contributed by atoms with E-state index in [9.17, 15) is 38.0 Å². The van der Waals surface area contributed by atoms with Gasteiger partial charge in [-0.2, -0.15) is 0 Å². The molecule has 3 aromatic carbocycles. The number of rotatable bonds is 15. The first-order valence-electron chi connectivity index (χ1n) is 14.3. The van der Waals surface area contributed by atoms with Crippen LogP contribution in [0.1, 0.15) is 53.7 Å². The van der Waals surface area contributed by atoms with Crippen molar-refractivity contribution in [3.8, 4) is 0 Å². The molecular weight excluding hydrogens is 575 g/mol. The average Bonchev–Trinajstić information content (AvgIpc) is 2.99. The zero-order valence-corrected chi connectivity index (χ0v) is 24.9. The van der Waals surface area contributed by atoms with E-state index in [2.05, 4.69) is 4.72 Å². The number of aliphatic hydroxyl groups excluding tert-OH is 3. The second kappa shape index (κ2) is 14.1. The van der Waals surface area contributed by atoms with Gasteiger partial charge >= 0.3 is 0 Å². The number of anilines is 1. The van der Waals surface area contributed by atoms with E-state index in [1.807, 2.05) is 36.4 Å². The van der Waals surface area contributed by atoms with Gasteiger partial charge < -0.3 is 25.3 Å². The highest BCUT2D eigenvalue weighted by Gasteiger charge is 2.48. The third kappa shape index (κ3) is 8.47. The minimum absolute atomic E-state index is 0.0576. The first kappa shape index (κ1) is 32.7. The zero-order chi connectivity index (χ0) is 31.2. The van der Waals surface area contributed by atoms with Crippen molar-refractivity contribution in [1.82, 2.24) is 4.72 Å². The summed E-state index contributed by atoms with van der Waals surface area (Å²) in [5.41, 5.74) is 2.23. The fraction of sp³-hybridized carbons (Fsp3) is 0.406. The van der Waals surface area contributed by atoms with Gasteiger partial charge in [-0.15, -0.1) is 0 Å². The van der Waals surface area contributed by atoms with Crippen molar-refractivity contribution >= 4 is 21.6 Å². The summed E-state index contributed by atoms with van der Waals surface area (Å²) in [4.78, 5) is 15.2. The second-order valence-electron chi connectivity index (χ2n) is 11.3. The van der Waals surface area contributed by atoms with E-state index in [-0.39, 0.29) is 18.4 Å². The Hall–Kier alpha value is -3.19. The van der Waals surface area contributed by atoms with E-state index in [0.29, 0.717) is 49.0 Å². The molecule has 0 spiro atoms. The van der Waals surface area contributed by atoms with Crippen molar-refractivity contribution in [3.05, 3.63) is 101 Å². The predicted molar refractivity (Wildman–Crippen MR) is 161 cm³/mol. The van der Waals surface area contributed by atoms with Gasteiger partial charge in [0, 0.05) is 18.7 Å². The molecule has 5 N–H and O–H groups in total. The van der Waals surface area contributed by atoms with Crippen LogP contribution in [0.15, 0.2) is 72.8 Å². The Bertz CT molecular complexity index is 1460. The molecule has 1 unspecified atom stereocenters. The molecule has 3 aromatic rings. The molecule has 4 rings (SSSR count). The maximum atomic E-state index is 13.5. The Morgan fingerprint density at radius 2 is 1.56 bits per heavy atom. The topological polar surface area (TPSA) is 147 Å². The molecule has 0 saturated carbocycles. The van der Waals surface area contributed by atoms with Crippen molar-refractivity contribution in [1.29, 1.82) is 0 Å². The number of amides is 1.